The van der Waals surface area contributed by atoms with Crippen molar-refractivity contribution in [3.05, 3.63) is 48.3 Å². The van der Waals surface area contributed by atoms with Gasteiger partial charge >= 0.3 is 6.08 Å². The number of rotatable bonds is 2. The molecule has 0 aliphatic heterocycles. The molecule has 18 heavy (non-hydrogen) atoms. The molecule has 0 saturated carbocycles. The van der Waals surface area contributed by atoms with E-state index in [0.29, 0.717) is 16.8 Å². The van der Waals surface area contributed by atoms with Gasteiger partial charge in [-0.25, -0.2) is 4.39 Å². The number of benzene rings is 2. The number of fused-ring (bicyclic) bond motifs is 1. The highest BCUT2D eigenvalue weighted by Gasteiger charge is 2.10. The average Bonchev–Trinajstić information content (AvgIpc) is 2.75. The summed E-state index contributed by atoms with van der Waals surface area (Å²) < 4.78 is 24.1. The summed E-state index contributed by atoms with van der Waals surface area (Å²) in [6, 6.07) is 11.3. The third kappa shape index (κ3) is 1.86. The zero-order valence-electron chi connectivity index (χ0n) is 9.26. The van der Waals surface area contributed by atoms with E-state index in [1.54, 1.807) is 18.2 Å². The molecule has 0 bridgehead atoms. The van der Waals surface area contributed by atoms with Crippen LogP contribution in [0.4, 0.5) is 10.1 Å². The van der Waals surface area contributed by atoms with E-state index in [2.05, 4.69) is 4.98 Å². The summed E-state index contributed by atoms with van der Waals surface area (Å²) in [6.07, 6.45) is -0.000119. The number of oxazole rings is 1. The van der Waals surface area contributed by atoms with Crippen molar-refractivity contribution in [2.24, 2.45) is 0 Å². The fourth-order valence-electron chi connectivity index (χ4n) is 1.59. The first-order chi connectivity index (χ1) is 8.72. The minimum absolute atomic E-state index is 0.000119. The zero-order valence-corrected chi connectivity index (χ0v) is 9.26. The fraction of sp³-hybridized carbons (Fsp3) is 0. The van der Waals surface area contributed by atoms with Crippen molar-refractivity contribution in [3.63, 3.8) is 0 Å². The van der Waals surface area contributed by atoms with Crippen molar-refractivity contribution in [1.29, 1.82) is 0 Å². The third-order valence-electron chi connectivity index (χ3n) is 2.43. The predicted molar refractivity (Wildman–Crippen MR) is 64.9 cm³/mol. The number of anilines is 1. The Morgan fingerprint density at radius 2 is 2.00 bits per heavy atom. The summed E-state index contributed by atoms with van der Waals surface area (Å²) in [7, 11) is 0. The van der Waals surface area contributed by atoms with Gasteiger partial charge in [0.25, 0.3) is 0 Å². The Balaban J connectivity index is 1.96. The smallest absolute Gasteiger partial charge is 0.400 e. The number of hydrogen-bond acceptors (Lipinski definition) is 4. The van der Waals surface area contributed by atoms with Gasteiger partial charge < -0.3 is 14.9 Å². The van der Waals surface area contributed by atoms with Gasteiger partial charge in [-0.1, -0.05) is 12.1 Å². The van der Waals surface area contributed by atoms with Crippen molar-refractivity contribution in [2.45, 2.75) is 0 Å². The van der Waals surface area contributed by atoms with Crippen LogP contribution in [-0.4, -0.2) is 4.98 Å². The lowest BCUT2D eigenvalue weighted by Crippen LogP contribution is -1.91. The summed E-state index contributed by atoms with van der Waals surface area (Å²) in [6.45, 7) is 0. The maximum Gasteiger partial charge on any atom is 0.400 e. The Morgan fingerprint density at radius 1 is 1.17 bits per heavy atom. The minimum Gasteiger partial charge on any atom is -0.409 e. The molecule has 0 saturated heterocycles. The number of aromatic nitrogens is 1. The van der Waals surface area contributed by atoms with E-state index in [1.807, 2.05) is 12.1 Å². The number of para-hydroxylation sites is 2. The number of nitrogen functional groups attached to an aromatic ring is 1. The number of halogens is 1. The summed E-state index contributed by atoms with van der Waals surface area (Å²) in [5.41, 5.74) is 7.02. The predicted octanol–water partition coefficient (Wildman–Crippen LogP) is 3.34. The molecule has 3 rings (SSSR count). The van der Waals surface area contributed by atoms with E-state index in [9.17, 15) is 4.39 Å². The molecule has 0 aliphatic carbocycles. The van der Waals surface area contributed by atoms with Crippen molar-refractivity contribution < 1.29 is 13.5 Å². The van der Waals surface area contributed by atoms with Crippen molar-refractivity contribution in [2.75, 3.05) is 5.73 Å². The Hall–Kier alpha value is -2.56. The summed E-state index contributed by atoms with van der Waals surface area (Å²) in [4.78, 5) is 4.08. The second-order valence-electron chi connectivity index (χ2n) is 3.74. The van der Waals surface area contributed by atoms with Crippen LogP contribution in [0.1, 0.15) is 0 Å². The van der Waals surface area contributed by atoms with E-state index < -0.39 is 5.82 Å². The Labute approximate surface area is 102 Å². The lowest BCUT2D eigenvalue weighted by molar-refractivity contribution is 0.329. The van der Waals surface area contributed by atoms with Gasteiger partial charge in [-0.2, -0.15) is 4.98 Å². The number of ether oxygens (including phenoxy) is 1. The molecule has 4 nitrogen and oxygen atoms in total. The van der Waals surface area contributed by atoms with Gasteiger partial charge in [0, 0.05) is 11.8 Å². The second-order valence-corrected chi connectivity index (χ2v) is 3.74. The van der Waals surface area contributed by atoms with Crippen LogP contribution in [0.25, 0.3) is 11.1 Å². The summed E-state index contributed by atoms with van der Waals surface area (Å²) >= 11 is 0. The van der Waals surface area contributed by atoms with Crippen LogP contribution in [0.3, 0.4) is 0 Å². The van der Waals surface area contributed by atoms with E-state index >= 15 is 0 Å². The molecule has 1 aromatic heterocycles. The number of hydrogen-bond donors (Lipinski definition) is 1. The fourth-order valence-corrected chi connectivity index (χ4v) is 1.59. The molecule has 0 radical (unpaired) electrons. The topological polar surface area (TPSA) is 61.3 Å². The van der Waals surface area contributed by atoms with Crippen molar-refractivity contribution in [3.8, 4) is 11.8 Å². The average molecular weight is 244 g/mol. The highest BCUT2D eigenvalue weighted by Crippen LogP contribution is 2.27. The number of nitrogens with two attached hydrogens (primary N) is 1. The maximum atomic E-state index is 13.5. The van der Waals surface area contributed by atoms with Gasteiger partial charge in [0.05, 0.1) is 0 Å². The first kappa shape index (κ1) is 10.6. The molecule has 2 aromatic carbocycles. The molecule has 0 aliphatic rings. The maximum absolute atomic E-state index is 13.5. The van der Waals surface area contributed by atoms with Gasteiger partial charge in [-0.05, 0) is 24.3 Å². The van der Waals surface area contributed by atoms with Crippen LogP contribution in [-0.2, 0) is 0 Å². The van der Waals surface area contributed by atoms with Gasteiger partial charge in [0.15, 0.2) is 17.1 Å². The first-order valence-corrected chi connectivity index (χ1v) is 5.31. The molecule has 0 spiro atoms. The van der Waals surface area contributed by atoms with E-state index in [4.69, 9.17) is 14.9 Å². The van der Waals surface area contributed by atoms with Crippen molar-refractivity contribution in [1.82, 2.24) is 4.98 Å². The standard InChI is InChI=1S/C13H9FN2O2/c14-9-7-8(15)5-6-11(9)17-13-16-10-3-1-2-4-12(10)18-13/h1-7H,15H2. The molecule has 0 atom stereocenters. The molecule has 1 heterocycles. The molecule has 5 heteroatoms. The van der Waals surface area contributed by atoms with E-state index in [0.717, 1.165) is 0 Å². The highest BCUT2D eigenvalue weighted by atomic mass is 19.1. The molecule has 3 aromatic rings. The SMILES string of the molecule is Nc1ccc(Oc2nc3ccccc3o2)c(F)c1. The summed E-state index contributed by atoms with van der Waals surface area (Å²) in [5.74, 6) is -0.534. The highest BCUT2D eigenvalue weighted by molar-refractivity contribution is 5.72. The number of nitrogens with zero attached hydrogens (tertiary/aromatic N) is 1. The quantitative estimate of drug-likeness (QED) is 0.702. The van der Waals surface area contributed by atoms with Crippen molar-refractivity contribution >= 4 is 16.8 Å². The van der Waals surface area contributed by atoms with Crippen LogP contribution in [0.2, 0.25) is 0 Å². The van der Waals surface area contributed by atoms with Crippen LogP contribution in [0.5, 0.6) is 11.8 Å². The van der Waals surface area contributed by atoms with E-state index in [1.165, 1.54) is 12.1 Å². The molecular formula is C13H9FN2O2. The van der Waals surface area contributed by atoms with Gasteiger partial charge in [-0.3, -0.25) is 0 Å². The van der Waals surface area contributed by atoms with Gasteiger partial charge in [-0.15, -0.1) is 0 Å². The monoisotopic (exact) mass is 244 g/mol. The van der Waals surface area contributed by atoms with Crippen LogP contribution in [0, 0.1) is 5.82 Å². The lowest BCUT2D eigenvalue weighted by atomic mass is 10.3. The van der Waals surface area contributed by atoms with Crippen LogP contribution < -0.4 is 10.5 Å². The van der Waals surface area contributed by atoms with Crippen LogP contribution >= 0.6 is 0 Å². The molecular weight excluding hydrogens is 235 g/mol. The van der Waals surface area contributed by atoms with E-state index in [-0.39, 0.29) is 11.8 Å². The largest absolute Gasteiger partial charge is 0.409 e. The molecule has 0 amide bonds. The minimum atomic E-state index is -0.558. The van der Waals surface area contributed by atoms with Gasteiger partial charge in [0.2, 0.25) is 0 Å². The second kappa shape index (κ2) is 4.03. The molecule has 0 unspecified atom stereocenters. The zero-order chi connectivity index (χ0) is 12.5. The van der Waals surface area contributed by atoms with Gasteiger partial charge in [0.1, 0.15) is 5.52 Å². The molecule has 2 N–H and O–H groups in total. The van der Waals surface area contributed by atoms with Crippen LogP contribution in [0.15, 0.2) is 46.9 Å². The summed E-state index contributed by atoms with van der Waals surface area (Å²) in [5, 5.41) is 0. The molecule has 90 valence electrons. The molecule has 0 fully saturated rings. The lowest BCUT2D eigenvalue weighted by Gasteiger charge is -2.02. The normalized spacial score (nSPS) is 10.7. The Morgan fingerprint density at radius 3 is 2.78 bits per heavy atom. The first-order valence-electron chi connectivity index (χ1n) is 5.31. The Kier molecular flexibility index (Phi) is 2.37. The third-order valence-corrected chi connectivity index (χ3v) is 2.43. The Bertz CT molecular complexity index is 676.